The van der Waals surface area contributed by atoms with Crippen molar-refractivity contribution in [1.29, 1.82) is 0 Å². The number of aliphatic hydroxyl groups is 1. The van der Waals surface area contributed by atoms with Crippen LogP contribution in [-0.4, -0.2) is 11.7 Å². The van der Waals surface area contributed by atoms with Crippen LogP contribution in [0.25, 0.3) is 0 Å². The first-order chi connectivity index (χ1) is 9.99. The molecule has 2 nitrogen and oxygen atoms in total. The van der Waals surface area contributed by atoms with Gasteiger partial charge in [-0.05, 0) is 36.2 Å². The summed E-state index contributed by atoms with van der Waals surface area (Å²) in [4.78, 5) is 0. The molecule has 1 heterocycles. The molecule has 1 atom stereocenters. The third kappa shape index (κ3) is 2.45. The number of halogens is 3. The van der Waals surface area contributed by atoms with E-state index < -0.39 is 17.7 Å². The second-order valence-corrected chi connectivity index (χ2v) is 5.99. The van der Waals surface area contributed by atoms with Gasteiger partial charge in [0.05, 0.1) is 12.2 Å². The zero-order chi connectivity index (χ0) is 15.1. The summed E-state index contributed by atoms with van der Waals surface area (Å²) in [6.07, 6.45) is -0.693. The van der Waals surface area contributed by atoms with E-state index in [9.17, 15) is 13.9 Å². The molecule has 0 spiro atoms. The van der Waals surface area contributed by atoms with Crippen molar-refractivity contribution >= 4 is 15.9 Å². The van der Waals surface area contributed by atoms with Crippen molar-refractivity contribution in [3.63, 3.8) is 0 Å². The summed E-state index contributed by atoms with van der Waals surface area (Å²) in [6, 6.07) is 6.04. The first-order valence-corrected chi connectivity index (χ1v) is 7.36. The van der Waals surface area contributed by atoms with E-state index in [0.29, 0.717) is 24.3 Å². The quantitative estimate of drug-likeness (QED) is 0.881. The molecule has 0 amide bonds. The first-order valence-electron chi connectivity index (χ1n) is 6.56. The van der Waals surface area contributed by atoms with Gasteiger partial charge in [0.1, 0.15) is 23.5 Å². The number of benzene rings is 2. The molecule has 1 aliphatic rings. The SMILES string of the molecule is Cc1ccc(F)c(C(O)c2cc(Br)cc3c2OCC3)c1F. The Labute approximate surface area is 129 Å². The number of aryl methyl sites for hydroxylation is 1. The molecule has 1 unspecified atom stereocenters. The van der Waals surface area contributed by atoms with Crippen molar-refractivity contribution in [2.45, 2.75) is 19.4 Å². The monoisotopic (exact) mass is 354 g/mol. The Morgan fingerprint density at radius 3 is 2.81 bits per heavy atom. The highest BCUT2D eigenvalue weighted by Gasteiger charge is 2.27. The normalized spacial score (nSPS) is 14.7. The van der Waals surface area contributed by atoms with E-state index in [-0.39, 0.29) is 11.1 Å². The summed E-state index contributed by atoms with van der Waals surface area (Å²) in [7, 11) is 0. The highest BCUT2D eigenvalue weighted by atomic mass is 79.9. The van der Waals surface area contributed by atoms with E-state index in [0.717, 1.165) is 16.1 Å². The maximum Gasteiger partial charge on any atom is 0.135 e. The molecule has 0 aliphatic carbocycles. The van der Waals surface area contributed by atoms with E-state index in [1.165, 1.54) is 13.0 Å². The van der Waals surface area contributed by atoms with E-state index in [1.807, 2.05) is 6.07 Å². The fraction of sp³-hybridized carbons (Fsp3) is 0.250. The Hall–Kier alpha value is -1.46. The number of hydrogen-bond acceptors (Lipinski definition) is 2. The predicted octanol–water partition coefficient (Wildman–Crippen LogP) is 4.05. The van der Waals surface area contributed by atoms with Gasteiger partial charge in [-0.3, -0.25) is 0 Å². The number of fused-ring (bicyclic) bond motifs is 1. The maximum atomic E-state index is 14.2. The van der Waals surface area contributed by atoms with Crippen LogP contribution in [0.3, 0.4) is 0 Å². The van der Waals surface area contributed by atoms with E-state index in [4.69, 9.17) is 4.74 Å². The largest absolute Gasteiger partial charge is 0.493 e. The molecule has 1 aliphatic heterocycles. The third-order valence-corrected chi connectivity index (χ3v) is 4.12. The molecule has 2 aromatic rings. The standard InChI is InChI=1S/C16H13BrF2O2/c1-8-2-3-12(18)13(14(8)19)15(20)11-7-10(17)6-9-4-5-21-16(9)11/h2-3,6-7,15,20H,4-5H2,1H3. The molecule has 0 saturated heterocycles. The van der Waals surface area contributed by atoms with Crippen LogP contribution in [0.2, 0.25) is 0 Å². The van der Waals surface area contributed by atoms with Crippen LogP contribution in [0.5, 0.6) is 5.75 Å². The molecule has 1 N–H and O–H groups in total. The third-order valence-electron chi connectivity index (χ3n) is 3.66. The first kappa shape index (κ1) is 14.5. The summed E-state index contributed by atoms with van der Waals surface area (Å²) in [5, 5.41) is 10.5. The van der Waals surface area contributed by atoms with Gasteiger partial charge in [0, 0.05) is 16.5 Å². The summed E-state index contributed by atoms with van der Waals surface area (Å²) in [5.74, 6) is -0.974. The maximum absolute atomic E-state index is 14.2. The lowest BCUT2D eigenvalue weighted by molar-refractivity contribution is 0.203. The Balaban J connectivity index is 2.16. The lowest BCUT2D eigenvalue weighted by atomic mass is 9.96. The van der Waals surface area contributed by atoms with Crippen LogP contribution in [-0.2, 0) is 6.42 Å². The molecule has 0 radical (unpaired) electrons. The van der Waals surface area contributed by atoms with Crippen LogP contribution in [0, 0.1) is 18.6 Å². The number of hydrogen-bond donors (Lipinski definition) is 1. The molecular weight excluding hydrogens is 342 g/mol. The minimum absolute atomic E-state index is 0.290. The van der Waals surface area contributed by atoms with Gasteiger partial charge in [-0.2, -0.15) is 0 Å². The van der Waals surface area contributed by atoms with Gasteiger partial charge in [0.2, 0.25) is 0 Å². The Kier molecular flexibility index (Phi) is 3.71. The zero-order valence-electron chi connectivity index (χ0n) is 11.3. The van der Waals surface area contributed by atoms with Gasteiger partial charge in [-0.25, -0.2) is 8.78 Å². The van der Waals surface area contributed by atoms with Crippen molar-refractivity contribution in [3.05, 3.63) is 62.6 Å². The van der Waals surface area contributed by atoms with Crippen LogP contribution >= 0.6 is 15.9 Å². The summed E-state index contributed by atoms with van der Waals surface area (Å²) < 4.78 is 34.4. The van der Waals surface area contributed by atoms with Crippen molar-refractivity contribution in [2.24, 2.45) is 0 Å². The van der Waals surface area contributed by atoms with Crippen molar-refractivity contribution in [2.75, 3.05) is 6.61 Å². The summed E-state index contributed by atoms with van der Waals surface area (Å²) in [5.41, 5.74) is 1.25. The summed E-state index contributed by atoms with van der Waals surface area (Å²) >= 11 is 3.35. The van der Waals surface area contributed by atoms with Gasteiger partial charge in [-0.15, -0.1) is 0 Å². The van der Waals surface area contributed by atoms with Crippen LogP contribution in [0.1, 0.15) is 28.4 Å². The number of aliphatic hydroxyl groups excluding tert-OH is 1. The fourth-order valence-corrected chi connectivity index (χ4v) is 3.11. The Morgan fingerprint density at radius 2 is 2.05 bits per heavy atom. The smallest absolute Gasteiger partial charge is 0.135 e. The van der Waals surface area contributed by atoms with Crippen LogP contribution in [0.15, 0.2) is 28.7 Å². The van der Waals surface area contributed by atoms with Gasteiger partial charge in [-0.1, -0.05) is 22.0 Å². The minimum atomic E-state index is -1.41. The number of rotatable bonds is 2. The van der Waals surface area contributed by atoms with E-state index in [1.54, 1.807) is 6.07 Å². The second-order valence-electron chi connectivity index (χ2n) is 5.08. The van der Waals surface area contributed by atoms with Crippen molar-refractivity contribution < 1.29 is 18.6 Å². The van der Waals surface area contributed by atoms with Gasteiger partial charge in [0.25, 0.3) is 0 Å². The molecule has 21 heavy (non-hydrogen) atoms. The lowest BCUT2D eigenvalue weighted by Gasteiger charge is -2.17. The minimum Gasteiger partial charge on any atom is -0.493 e. The summed E-state index contributed by atoms with van der Waals surface area (Å²) in [6.45, 7) is 2.04. The molecule has 0 bridgehead atoms. The molecule has 0 fully saturated rings. The molecule has 110 valence electrons. The highest BCUT2D eigenvalue weighted by Crippen LogP contribution is 2.40. The highest BCUT2D eigenvalue weighted by molar-refractivity contribution is 9.10. The molecule has 2 aromatic carbocycles. The van der Waals surface area contributed by atoms with Crippen molar-refractivity contribution in [3.8, 4) is 5.75 Å². The zero-order valence-corrected chi connectivity index (χ0v) is 12.9. The van der Waals surface area contributed by atoms with Crippen LogP contribution < -0.4 is 4.74 Å². The van der Waals surface area contributed by atoms with E-state index >= 15 is 0 Å². The lowest BCUT2D eigenvalue weighted by Crippen LogP contribution is -2.08. The Bertz CT molecular complexity index is 716. The average molecular weight is 355 g/mol. The fourth-order valence-electron chi connectivity index (χ4n) is 2.59. The van der Waals surface area contributed by atoms with Gasteiger partial charge < -0.3 is 9.84 Å². The molecule has 3 rings (SSSR count). The molecule has 0 aromatic heterocycles. The number of ether oxygens (including phenoxy) is 1. The average Bonchev–Trinajstić information content (AvgIpc) is 2.90. The second kappa shape index (κ2) is 5.39. The van der Waals surface area contributed by atoms with Gasteiger partial charge >= 0.3 is 0 Å². The molecule has 0 saturated carbocycles. The Morgan fingerprint density at radius 1 is 1.29 bits per heavy atom. The predicted molar refractivity (Wildman–Crippen MR) is 78.5 cm³/mol. The van der Waals surface area contributed by atoms with E-state index in [2.05, 4.69) is 15.9 Å². The topological polar surface area (TPSA) is 29.5 Å². The molecule has 5 heteroatoms. The van der Waals surface area contributed by atoms with Gasteiger partial charge in [0.15, 0.2) is 0 Å². The van der Waals surface area contributed by atoms with Crippen LogP contribution in [0.4, 0.5) is 8.78 Å². The molecular formula is C16H13BrF2O2. The van der Waals surface area contributed by atoms with Crippen molar-refractivity contribution in [1.82, 2.24) is 0 Å².